The van der Waals surface area contributed by atoms with Crippen LogP contribution in [0.5, 0.6) is 5.75 Å². The van der Waals surface area contributed by atoms with Gasteiger partial charge in [-0.15, -0.1) is 0 Å². The van der Waals surface area contributed by atoms with E-state index in [0.29, 0.717) is 0 Å². The van der Waals surface area contributed by atoms with Gasteiger partial charge in [-0.2, -0.15) is 26.3 Å². The van der Waals surface area contributed by atoms with Gasteiger partial charge < -0.3 is 4.74 Å². The molecule has 0 spiro atoms. The maximum absolute atomic E-state index is 12.8. The lowest BCUT2D eigenvalue weighted by Crippen LogP contribution is -2.51. The van der Waals surface area contributed by atoms with E-state index < -0.39 is 29.1 Å². The first-order valence-corrected chi connectivity index (χ1v) is 4.82. The summed E-state index contributed by atoms with van der Waals surface area (Å²) in [4.78, 5) is 0. The second-order valence-electron chi connectivity index (χ2n) is 3.82. The van der Waals surface area contributed by atoms with Crippen LogP contribution in [0.2, 0.25) is 0 Å². The molecular weight excluding hydrogens is 262 g/mol. The van der Waals surface area contributed by atoms with Gasteiger partial charge in [-0.25, -0.2) is 0 Å². The molecule has 18 heavy (non-hydrogen) atoms. The number of methoxy groups -OCH3 is 1. The molecule has 0 heterocycles. The van der Waals surface area contributed by atoms with Crippen LogP contribution in [0.1, 0.15) is 12.5 Å². The molecule has 102 valence electrons. The maximum atomic E-state index is 12.8. The van der Waals surface area contributed by atoms with Crippen molar-refractivity contribution in [1.29, 1.82) is 0 Å². The van der Waals surface area contributed by atoms with Crippen molar-refractivity contribution >= 4 is 0 Å². The highest BCUT2D eigenvalue weighted by molar-refractivity contribution is 5.41. The Hall–Kier alpha value is -1.40. The van der Waals surface area contributed by atoms with Gasteiger partial charge in [0.2, 0.25) is 0 Å². The third-order valence-electron chi connectivity index (χ3n) is 2.78. The number of halogens is 6. The summed E-state index contributed by atoms with van der Waals surface area (Å²) in [5.74, 6) is -0.449. The fourth-order valence-electron chi connectivity index (χ4n) is 1.52. The summed E-state index contributed by atoms with van der Waals surface area (Å²) in [6.45, 7) is 0.102. The number of hydrogen-bond donors (Lipinski definition) is 0. The first-order valence-electron chi connectivity index (χ1n) is 4.82. The van der Waals surface area contributed by atoms with Crippen molar-refractivity contribution in [3.05, 3.63) is 29.8 Å². The zero-order valence-electron chi connectivity index (χ0n) is 9.49. The summed E-state index contributed by atoms with van der Waals surface area (Å²) in [5, 5.41) is 0. The van der Waals surface area contributed by atoms with Crippen molar-refractivity contribution < 1.29 is 31.1 Å². The SMILES string of the molecule is COc1ccccc1C(C)(C(F)(F)F)C(F)(F)F. The molecule has 0 aromatic heterocycles. The molecule has 0 aliphatic heterocycles. The summed E-state index contributed by atoms with van der Waals surface area (Å²) in [6, 6.07) is 4.23. The van der Waals surface area contributed by atoms with Gasteiger partial charge in [0.1, 0.15) is 5.75 Å². The third kappa shape index (κ3) is 2.13. The molecule has 0 bridgehead atoms. The topological polar surface area (TPSA) is 9.23 Å². The maximum Gasteiger partial charge on any atom is 0.407 e. The largest absolute Gasteiger partial charge is 0.496 e. The van der Waals surface area contributed by atoms with Crippen LogP contribution in [0.3, 0.4) is 0 Å². The second kappa shape index (κ2) is 4.37. The molecule has 0 fully saturated rings. The van der Waals surface area contributed by atoms with Crippen molar-refractivity contribution in [2.75, 3.05) is 7.11 Å². The standard InChI is InChI=1S/C11H10F6O/c1-9(10(12,13)14,11(15,16)17)7-5-3-4-6-8(7)18-2/h3-6H,1-2H3. The van der Waals surface area contributed by atoms with Gasteiger partial charge in [-0.3, -0.25) is 0 Å². The van der Waals surface area contributed by atoms with Gasteiger partial charge in [-0.1, -0.05) is 18.2 Å². The molecule has 0 amide bonds. The van der Waals surface area contributed by atoms with E-state index in [9.17, 15) is 26.3 Å². The van der Waals surface area contributed by atoms with Crippen LogP contribution >= 0.6 is 0 Å². The minimum absolute atomic E-state index is 0.102. The van der Waals surface area contributed by atoms with E-state index >= 15 is 0 Å². The Labute approximate surface area is 99.4 Å². The van der Waals surface area contributed by atoms with Gasteiger partial charge in [0.25, 0.3) is 0 Å². The summed E-state index contributed by atoms with van der Waals surface area (Å²) in [5.41, 5.74) is -4.92. The Balaban J connectivity index is 3.56. The second-order valence-corrected chi connectivity index (χ2v) is 3.82. The Bertz CT molecular complexity index is 406. The predicted molar refractivity (Wildman–Crippen MR) is 52.5 cm³/mol. The molecule has 1 aromatic carbocycles. The third-order valence-corrected chi connectivity index (χ3v) is 2.78. The molecule has 0 N–H and O–H groups in total. The Kier molecular flexibility index (Phi) is 3.56. The number of para-hydroxylation sites is 1. The van der Waals surface area contributed by atoms with Gasteiger partial charge >= 0.3 is 12.4 Å². The van der Waals surface area contributed by atoms with E-state index in [1.165, 1.54) is 6.07 Å². The minimum Gasteiger partial charge on any atom is -0.496 e. The minimum atomic E-state index is -5.47. The van der Waals surface area contributed by atoms with E-state index in [1.807, 2.05) is 0 Å². The Morgan fingerprint density at radius 2 is 1.33 bits per heavy atom. The molecule has 1 nitrogen and oxygen atoms in total. The number of hydrogen-bond acceptors (Lipinski definition) is 1. The van der Waals surface area contributed by atoms with Crippen molar-refractivity contribution in [3.8, 4) is 5.75 Å². The molecule has 0 atom stereocenters. The number of ether oxygens (including phenoxy) is 1. The monoisotopic (exact) mass is 272 g/mol. The van der Waals surface area contributed by atoms with Crippen LogP contribution < -0.4 is 4.74 Å². The predicted octanol–water partition coefficient (Wildman–Crippen LogP) is 4.08. The van der Waals surface area contributed by atoms with Crippen LogP contribution in [-0.4, -0.2) is 19.5 Å². The molecule has 0 aliphatic carbocycles. The first-order chi connectivity index (χ1) is 8.05. The van der Waals surface area contributed by atoms with Gasteiger partial charge in [0.05, 0.1) is 7.11 Å². The highest BCUT2D eigenvalue weighted by Crippen LogP contribution is 2.53. The Morgan fingerprint density at radius 1 is 0.889 bits per heavy atom. The van der Waals surface area contributed by atoms with E-state index in [-0.39, 0.29) is 6.92 Å². The molecule has 0 saturated heterocycles. The van der Waals surface area contributed by atoms with Crippen molar-refractivity contribution in [3.63, 3.8) is 0 Å². The number of benzene rings is 1. The summed E-state index contributed by atoms with van der Waals surface area (Å²) in [7, 11) is 1.02. The van der Waals surface area contributed by atoms with Crippen molar-refractivity contribution in [2.24, 2.45) is 0 Å². The zero-order chi connectivity index (χ0) is 14.2. The molecule has 1 rings (SSSR count). The molecule has 0 saturated carbocycles. The van der Waals surface area contributed by atoms with Gasteiger partial charge in [-0.05, 0) is 13.0 Å². The molecule has 0 unspecified atom stereocenters. The van der Waals surface area contributed by atoms with E-state index in [4.69, 9.17) is 0 Å². The molecule has 0 aliphatic rings. The van der Waals surface area contributed by atoms with Gasteiger partial charge in [0.15, 0.2) is 5.41 Å². The number of alkyl halides is 6. The van der Waals surface area contributed by atoms with Crippen LogP contribution in [0.25, 0.3) is 0 Å². The molecule has 7 heteroatoms. The Morgan fingerprint density at radius 3 is 1.72 bits per heavy atom. The number of rotatable bonds is 2. The lowest BCUT2D eigenvalue weighted by molar-refractivity contribution is -0.297. The van der Waals surface area contributed by atoms with E-state index in [0.717, 1.165) is 25.3 Å². The summed E-state index contributed by atoms with van der Waals surface area (Å²) < 4.78 is 81.5. The molecular formula is C11H10F6O. The molecule has 1 aromatic rings. The summed E-state index contributed by atoms with van der Waals surface area (Å²) in [6.07, 6.45) is -10.9. The van der Waals surface area contributed by atoms with Gasteiger partial charge in [0, 0.05) is 5.56 Å². The highest BCUT2D eigenvalue weighted by Gasteiger charge is 2.69. The lowest BCUT2D eigenvalue weighted by atomic mass is 9.80. The smallest absolute Gasteiger partial charge is 0.407 e. The fraction of sp³-hybridized carbons (Fsp3) is 0.455. The van der Waals surface area contributed by atoms with Crippen molar-refractivity contribution in [2.45, 2.75) is 24.7 Å². The average Bonchev–Trinajstić information content (AvgIpc) is 2.24. The normalized spacial score (nSPS) is 13.6. The van der Waals surface area contributed by atoms with Crippen LogP contribution in [0.4, 0.5) is 26.3 Å². The van der Waals surface area contributed by atoms with E-state index in [2.05, 4.69) is 4.74 Å². The van der Waals surface area contributed by atoms with Crippen LogP contribution in [0.15, 0.2) is 24.3 Å². The highest BCUT2D eigenvalue weighted by atomic mass is 19.4. The quantitative estimate of drug-likeness (QED) is 0.737. The van der Waals surface area contributed by atoms with Crippen molar-refractivity contribution in [1.82, 2.24) is 0 Å². The fourth-order valence-corrected chi connectivity index (χ4v) is 1.52. The first kappa shape index (κ1) is 14.7. The average molecular weight is 272 g/mol. The summed E-state index contributed by atoms with van der Waals surface area (Å²) >= 11 is 0. The van der Waals surface area contributed by atoms with Crippen LogP contribution in [-0.2, 0) is 5.41 Å². The molecule has 0 radical (unpaired) electrons. The van der Waals surface area contributed by atoms with Crippen LogP contribution in [0, 0.1) is 0 Å². The zero-order valence-corrected chi connectivity index (χ0v) is 9.49. The van der Waals surface area contributed by atoms with E-state index in [1.54, 1.807) is 0 Å². The lowest BCUT2D eigenvalue weighted by Gasteiger charge is -2.35.